The number of carboxylic acid groups (broad SMARTS) is 1. The number of anilines is 1. The van der Waals surface area contributed by atoms with Gasteiger partial charge in [0.25, 0.3) is 0 Å². The van der Waals surface area contributed by atoms with Crippen LogP contribution in [0.15, 0.2) is 0 Å². The van der Waals surface area contributed by atoms with Gasteiger partial charge in [-0.25, -0.2) is 4.79 Å². The zero-order chi connectivity index (χ0) is 12.2. The third kappa shape index (κ3) is 3.42. The van der Waals surface area contributed by atoms with Crippen molar-refractivity contribution in [2.75, 3.05) is 11.9 Å². The first-order valence-electron chi connectivity index (χ1n) is 4.35. The van der Waals surface area contributed by atoms with Gasteiger partial charge in [0.15, 0.2) is 0 Å². The quantitative estimate of drug-likeness (QED) is 0.695. The maximum atomic E-state index is 11.3. The summed E-state index contributed by atoms with van der Waals surface area (Å²) in [6.45, 7) is 3.05. The Morgan fingerprint density at radius 2 is 2.19 bits per heavy atom. The Morgan fingerprint density at radius 3 is 2.69 bits per heavy atom. The summed E-state index contributed by atoms with van der Waals surface area (Å²) >= 11 is 0.930. The van der Waals surface area contributed by atoms with Gasteiger partial charge in [0, 0.05) is 18.1 Å². The van der Waals surface area contributed by atoms with Crippen LogP contribution >= 0.6 is 11.5 Å². The van der Waals surface area contributed by atoms with Crippen LogP contribution in [0, 0.1) is 5.41 Å². The number of aliphatic carboxylic acids is 1. The summed E-state index contributed by atoms with van der Waals surface area (Å²) in [5, 5.41) is 20.7. The molecule has 0 unspecified atom stereocenters. The van der Waals surface area contributed by atoms with Gasteiger partial charge in [-0.15, -0.1) is 0 Å². The van der Waals surface area contributed by atoms with Crippen LogP contribution in [0.5, 0.6) is 0 Å². The van der Waals surface area contributed by atoms with E-state index in [1.54, 1.807) is 0 Å². The second-order valence-corrected chi connectivity index (χ2v) is 4.40. The maximum absolute atomic E-state index is 11.3. The SMILES string of the molecule is CC(C)(CNC(=O)Nc1nnns1)C(=O)O. The van der Waals surface area contributed by atoms with E-state index < -0.39 is 17.4 Å². The van der Waals surface area contributed by atoms with Crippen molar-refractivity contribution in [1.29, 1.82) is 0 Å². The zero-order valence-corrected chi connectivity index (χ0v) is 9.54. The van der Waals surface area contributed by atoms with Gasteiger partial charge >= 0.3 is 12.0 Å². The summed E-state index contributed by atoms with van der Waals surface area (Å²) in [6, 6.07) is -0.534. The molecule has 0 aliphatic heterocycles. The van der Waals surface area contributed by atoms with Crippen molar-refractivity contribution in [2.45, 2.75) is 13.8 Å². The summed E-state index contributed by atoms with van der Waals surface area (Å²) in [7, 11) is 0. The van der Waals surface area contributed by atoms with Crippen LogP contribution < -0.4 is 10.6 Å². The largest absolute Gasteiger partial charge is 0.481 e. The van der Waals surface area contributed by atoms with E-state index in [1.807, 2.05) is 0 Å². The highest BCUT2D eigenvalue weighted by Crippen LogP contribution is 2.13. The first kappa shape index (κ1) is 12.3. The van der Waals surface area contributed by atoms with Crippen molar-refractivity contribution >= 4 is 28.7 Å². The standard InChI is InChI=1S/C7H11N5O3S/c1-7(2,4(13)14)3-8-5(15)9-6-10-11-12-16-6/h3H2,1-2H3,(H,13,14)(H2,8,9,10,12,15). The van der Waals surface area contributed by atoms with E-state index in [9.17, 15) is 9.59 Å². The molecule has 1 rings (SSSR count). The number of hydrogen-bond donors (Lipinski definition) is 3. The van der Waals surface area contributed by atoms with Gasteiger partial charge in [0.2, 0.25) is 5.13 Å². The third-order valence-electron chi connectivity index (χ3n) is 1.79. The van der Waals surface area contributed by atoms with Gasteiger partial charge in [-0.05, 0) is 19.1 Å². The number of nitrogens with one attached hydrogen (secondary N) is 2. The molecular weight excluding hydrogens is 234 g/mol. The number of amides is 2. The summed E-state index contributed by atoms with van der Waals surface area (Å²) in [5.74, 6) is -0.981. The lowest BCUT2D eigenvalue weighted by molar-refractivity contribution is -0.146. The van der Waals surface area contributed by atoms with E-state index in [4.69, 9.17) is 5.11 Å². The molecule has 2 amide bonds. The van der Waals surface area contributed by atoms with Crippen molar-refractivity contribution in [3.8, 4) is 0 Å². The monoisotopic (exact) mass is 245 g/mol. The third-order valence-corrected chi connectivity index (χ3v) is 2.30. The molecule has 9 heteroatoms. The Morgan fingerprint density at radius 1 is 1.50 bits per heavy atom. The number of carbonyl (C=O) groups is 2. The van der Waals surface area contributed by atoms with Gasteiger partial charge in [-0.3, -0.25) is 10.1 Å². The van der Waals surface area contributed by atoms with Gasteiger partial charge in [0.1, 0.15) is 0 Å². The number of nitrogens with zero attached hydrogens (tertiary/aromatic N) is 3. The average Bonchev–Trinajstić information content (AvgIpc) is 2.67. The molecule has 0 saturated carbocycles. The van der Waals surface area contributed by atoms with Crippen LogP contribution in [0.25, 0.3) is 0 Å². The molecule has 0 bridgehead atoms. The zero-order valence-electron chi connectivity index (χ0n) is 8.72. The highest BCUT2D eigenvalue weighted by molar-refractivity contribution is 7.09. The molecule has 1 aromatic rings. The number of hydrogen-bond acceptors (Lipinski definition) is 6. The molecule has 0 aromatic carbocycles. The molecule has 0 atom stereocenters. The Hall–Kier alpha value is -1.77. The number of urea groups is 1. The predicted molar refractivity (Wildman–Crippen MR) is 56.1 cm³/mol. The molecule has 0 radical (unpaired) electrons. The number of rotatable bonds is 4. The van der Waals surface area contributed by atoms with Crippen LogP contribution in [0.1, 0.15) is 13.8 Å². The highest BCUT2D eigenvalue weighted by Gasteiger charge is 2.27. The van der Waals surface area contributed by atoms with E-state index in [1.165, 1.54) is 13.8 Å². The minimum atomic E-state index is -1.02. The maximum Gasteiger partial charge on any atom is 0.321 e. The molecule has 0 spiro atoms. The molecule has 0 fully saturated rings. The van der Waals surface area contributed by atoms with Gasteiger partial charge in [0.05, 0.1) is 5.41 Å². The second-order valence-electron chi connectivity index (χ2n) is 3.66. The van der Waals surface area contributed by atoms with Crippen LogP contribution in [0.2, 0.25) is 0 Å². The lowest BCUT2D eigenvalue weighted by atomic mass is 9.94. The van der Waals surface area contributed by atoms with Crippen molar-refractivity contribution in [3.05, 3.63) is 0 Å². The van der Waals surface area contributed by atoms with Gasteiger partial charge in [-0.2, -0.15) is 0 Å². The van der Waals surface area contributed by atoms with Crippen LogP contribution in [-0.2, 0) is 4.79 Å². The Balaban J connectivity index is 2.39. The molecule has 16 heavy (non-hydrogen) atoms. The van der Waals surface area contributed by atoms with E-state index in [2.05, 4.69) is 25.4 Å². The summed E-state index contributed by atoms with van der Waals surface area (Å²) in [4.78, 5) is 22.0. The van der Waals surface area contributed by atoms with Gasteiger partial charge < -0.3 is 10.4 Å². The normalized spacial score (nSPS) is 10.9. The topological polar surface area (TPSA) is 117 Å². The fourth-order valence-electron chi connectivity index (χ4n) is 0.700. The molecule has 0 saturated heterocycles. The van der Waals surface area contributed by atoms with Crippen LogP contribution in [0.3, 0.4) is 0 Å². The minimum absolute atomic E-state index is 0.0143. The molecule has 8 nitrogen and oxygen atoms in total. The Bertz CT molecular complexity index is 377. The summed E-state index contributed by atoms with van der Waals surface area (Å²) in [5.41, 5.74) is -1.02. The predicted octanol–water partition coefficient (Wildman–Crippen LogP) is 0.165. The molecule has 88 valence electrons. The molecule has 1 aromatic heterocycles. The second kappa shape index (κ2) is 4.84. The van der Waals surface area contributed by atoms with Crippen LogP contribution in [-0.4, -0.2) is 38.5 Å². The fraction of sp³-hybridized carbons (Fsp3) is 0.571. The smallest absolute Gasteiger partial charge is 0.321 e. The van der Waals surface area contributed by atoms with Crippen LogP contribution in [0.4, 0.5) is 9.93 Å². The summed E-state index contributed by atoms with van der Waals surface area (Å²) in [6.07, 6.45) is 0. The molecule has 1 heterocycles. The van der Waals surface area contributed by atoms with Crippen molar-refractivity contribution in [3.63, 3.8) is 0 Å². The Labute approximate surface area is 95.2 Å². The lowest BCUT2D eigenvalue weighted by Gasteiger charge is -2.19. The molecular formula is C7H11N5O3S. The van der Waals surface area contributed by atoms with E-state index in [-0.39, 0.29) is 11.7 Å². The van der Waals surface area contributed by atoms with E-state index >= 15 is 0 Å². The minimum Gasteiger partial charge on any atom is -0.481 e. The number of aromatic nitrogens is 3. The Kier molecular flexibility index (Phi) is 3.72. The molecule has 0 aliphatic rings. The fourth-order valence-corrected chi connectivity index (χ4v) is 1.06. The van der Waals surface area contributed by atoms with Gasteiger partial charge in [-0.1, -0.05) is 9.59 Å². The van der Waals surface area contributed by atoms with Crippen molar-refractivity contribution < 1.29 is 14.7 Å². The lowest BCUT2D eigenvalue weighted by Crippen LogP contribution is -2.40. The first-order valence-corrected chi connectivity index (χ1v) is 5.12. The number of carbonyl (C=O) groups excluding carboxylic acids is 1. The highest BCUT2D eigenvalue weighted by atomic mass is 32.1. The van der Waals surface area contributed by atoms with Crippen molar-refractivity contribution in [1.82, 2.24) is 20.1 Å². The van der Waals surface area contributed by atoms with Crippen molar-refractivity contribution in [2.24, 2.45) is 5.41 Å². The van der Waals surface area contributed by atoms with E-state index in [0.717, 1.165) is 11.5 Å². The average molecular weight is 245 g/mol. The molecule has 3 N–H and O–H groups in total. The molecule has 0 aliphatic carbocycles. The van der Waals surface area contributed by atoms with E-state index in [0.29, 0.717) is 0 Å². The first-order chi connectivity index (χ1) is 7.42. The number of carboxylic acids is 1. The summed E-state index contributed by atoms with van der Waals surface area (Å²) < 4.78 is 3.46.